The molecule has 0 radical (unpaired) electrons. The van der Waals surface area contributed by atoms with Gasteiger partial charge in [0.15, 0.2) is 0 Å². The Kier molecular flexibility index (Phi) is 9.55. The topological polar surface area (TPSA) is 145 Å². The van der Waals surface area contributed by atoms with Crippen molar-refractivity contribution in [3.05, 3.63) is 64.2 Å². The fourth-order valence-corrected chi connectivity index (χ4v) is 6.02. The number of nitrogens with one attached hydrogen (secondary N) is 1. The van der Waals surface area contributed by atoms with E-state index in [0.29, 0.717) is 49.5 Å². The molecule has 0 bridgehead atoms. The summed E-state index contributed by atoms with van der Waals surface area (Å²) in [7, 11) is -3.59. The van der Waals surface area contributed by atoms with E-state index in [1.807, 2.05) is 51.1 Å². The standard InChI is InChI=1S/C23H30N4O3S.C2H4O2/c1-16-13-17(2)22(18(3)14-16)31(29,30)27-11-9-26(10-12-27)21(28)8-7-19-5-4-6-20(15-19)23(24)25;1-2(3)4/h4-6,13-15H,7-12H2,1-3H3,(H3,24,25);1H3,(H,3,4). The van der Waals surface area contributed by atoms with Gasteiger partial charge in [-0.2, -0.15) is 4.31 Å². The molecule has 4 N–H and O–H groups in total. The van der Waals surface area contributed by atoms with Crippen molar-refractivity contribution >= 4 is 27.7 Å². The molecule has 1 heterocycles. The highest BCUT2D eigenvalue weighted by Gasteiger charge is 2.32. The van der Waals surface area contributed by atoms with Crippen LogP contribution in [0.25, 0.3) is 0 Å². The molecule has 1 fully saturated rings. The van der Waals surface area contributed by atoms with E-state index in [0.717, 1.165) is 29.2 Å². The Morgan fingerprint density at radius 3 is 2.09 bits per heavy atom. The molecule has 0 aliphatic carbocycles. The Morgan fingerprint density at radius 2 is 1.57 bits per heavy atom. The summed E-state index contributed by atoms with van der Waals surface area (Å²) in [6, 6.07) is 11.1. The molecule has 1 aliphatic rings. The minimum atomic E-state index is -3.59. The molecule has 190 valence electrons. The zero-order chi connectivity index (χ0) is 26.3. The van der Waals surface area contributed by atoms with Crippen LogP contribution >= 0.6 is 0 Å². The number of amidine groups is 1. The number of carboxylic acids is 1. The Bertz CT molecular complexity index is 1180. The van der Waals surface area contributed by atoms with Gasteiger partial charge in [-0.1, -0.05) is 35.9 Å². The number of piperazine rings is 1. The van der Waals surface area contributed by atoms with E-state index in [1.54, 1.807) is 11.0 Å². The minimum Gasteiger partial charge on any atom is -0.481 e. The van der Waals surface area contributed by atoms with Crippen LogP contribution in [0.5, 0.6) is 0 Å². The largest absolute Gasteiger partial charge is 0.481 e. The third kappa shape index (κ3) is 7.63. The van der Waals surface area contributed by atoms with Crippen LogP contribution < -0.4 is 5.73 Å². The lowest BCUT2D eigenvalue weighted by atomic mass is 10.1. The van der Waals surface area contributed by atoms with Crippen LogP contribution in [0.3, 0.4) is 0 Å². The number of nitrogen functional groups attached to an aromatic ring is 1. The number of benzene rings is 2. The average molecular weight is 503 g/mol. The van der Waals surface area contributed by atoms with Gasteiger partial charge in [-0.05, 0) is 49.9 Å². The molecule has 1 aliphatic heterocycles. The van der Waals surface area contributed by atoms with E-state index in [-0.39, 0.29) is 11.7 Å². The maximum Gasteiger partial charge on any atom is 0.300 e. The van der Waals surface area contributed by atoms with Gasteiger partial charge in [0.05, 0.1) is 4.90 Å². The quantitative estimate of drug-likeness (QED) is 0.409. The zero-order valence-electron chi connectivity index (χ0n) is 20.7. The molecule has 0 unspecified atom stereocenters. The molecule has 35 heavy (non-hydrogen) atoms. The molecule has 2 aromatic carbocycles. The monoisotopic (exact) mass is 502 g/mol. The van der Waals surface area contributed by atoms with Crippen molar-refractivity contribution < 1.29 is 23.1 Å². The highest BCUT2D eigenvalue weighted by molar-refractivity contribution is 7.89. The summed E-state index contributed by atoms with van der Waals surface area (Å²) < 4.78 is 27.9. The van der Waals surface area contributed by atoms with Crippen LogP contribution in [0.2, 0.25) is 0 Å². The molecule has 0 aromatic heterocycles. The van der Waals surface area contributed by atoms with Crippen molar-refractivity contribution in [1.82, 2.24) is 9.21 Å². The van der Waals surface area contributed by atoms with Crippen molar-refractivity contribution in [2.24, 2.45) is 5.73 Å². The summed E-state index contributed by atoms with van der Waals surface area (Å²) in [5, 5.41) is 14.9. The molecular weight excluding hydrogens is 468 g/mol. The number of carbonyl (C=O) groups is 2. The van der Waals surface area contributed by atoms with Crippen LogP contribution in [-0.4, -0.2) is 66.6 Å². The van der Waals surface area contributed by atoms with E-state index in [2.05, 4.69) is 0 Å². The summed E-state index contributed by atoms with van der Waals surface area (Å²) in [6.07, 6.45) is 0.893. The zero-order valence-corrected chi connectivity index (χ0v) is 21.5. The van der Waals surface area contributed by atoms with E-state index in [1.165, 1.54) is 4.31 Å². The second-order valence-corrected chi connectivity index (χ2v) is 10.5. The first kappa shape index (κ1) is 28.0. The number of aliphatic carboxylic acids is 1. The number of aryl methyl sites for hydroxylation is 4. The number of nitrogens with two attached hydrogens (primary N) is 1. The SMILES string of the molecule is CC(=O)O.Cc1cc(C)c(S(=O)(=O)N2CCN(C(=O)CCc3cccc(C(=N)N)c3)CC2)c(C)c1. The van der Waals surface area contributed by atoms with Gasteiger partial charge in [-0.15, -0.1) is 0 Å². The number of amides is 1. The second kappa shape index (κ2) is 11.9. The second-order valence-electron chi connectivity index (χ2n) is 8.65. The number of nitrogens with zero attached hydrogens (tertiary/aromatic N) is 2. The first-order valence-electron chi connectivity index (χ1n) is 11.3. The number of carbonyl (C=O) groups excluding carboxylic acids is 1. The molecule has 2 aromatic rings. The lowest BCUT2D eigenvalue weighted by Gasteiger charge is -2.34. The molecule has 9 nitrogen and oxygen atoms in total. The van der Waals surface area contributed by atoms with E-state index in [4.69, 9.17) is 21.0 Å². The fourth-order valence-electron chi connectivity index (χ4n) is 4.18. The average Bonchev–Trinajstić information content (AvgIpc) is 2.76. The number of hydrogen-bond acceptors (Lipinski definition) is 5. The third-order valence-corrected chi connectivity index (χ3v) is 7.86. The van der Waals surface area contributed by atoms with Gasteiger partial charge in [-0.25, -0.2) is 8.42 Å². The van der Waals surface area contributed by atoms with Crippen molar-refractivity contribution in [2.45, 2.75) is 45.4 Å². The fraction of sp³-hybridized carbons (Fsp3) is 0.400. The van der Waals surface area contributed by atoms with Crippen LogP contribution in [0.4, 0.5) is 0 Å². The van der Waals surface area contributed by atoms with E-state index in [9.17, 15) is 13.2 Å². The third-order valence-electron chi connectivity index (χ3n) is 5.66. The summed E-state index contributed by atoms with van der Waals surface area (Å²) in [5.41, 5.74) is 9.67. The smallest absolute Gasteiger partial charge is 0.300 e. The highest BCUT2D eigenvalue weighted by atomic mass is 32.2. The summed E-state index contributed by atoms with van der Waals surface area (Å²) in [6.45, 7) is 8.05. The van der Waals surface area contributed by atoms with E-state index < -0.39 is 16.0 Å². The predicted molar refractivity (Wildman–Crippen MR) is 135 cm³/mol. The van der Waals surface area contributed by atoms with E-state index >= 15 is 0 Å². The van der Waals surface area contributed by atoms with Crippen molar-refractivity contribution in [1.29, 1.82) is 5.41 Å². The van der Waals surface area contributed by atoms with Gasteiger partial charge in [-0.3, -0.25) is 15.0 Å². The van der Waals surface area contributed by atoms with Gasteiger partial charge in [0.2, 0.25) is 15.9 Å². The molecule has 1 amide bonds. The maximum absolute atomic E-state index is 13.2. The van der Waals surface area contributed by atoms with Crippen LogP contribution in [0, 0.1) is 26.2 Å². The van der Waals surface area contributed by atoms with Crippen LogP contribution in [-0.2, 0) is 26.0 Å². The first-order valence-corrected chi connectivity index (χ1v) is 12.8. The Labute approximate surface area is 207 Å². The number of hydrogen-bond donors (Lipinski definition) is 3. The lowest BCUT2D eigenvalue weighted by molar-refractivity contribution is -0.134. The van der Waals surface area contributed by atoms with Crippen molar-refractivity contribution in [3.8, 4) is 0 Å². The highest BCUT2D eigenvalue weighted by Crippen LogP contribution is 2.26. The van der Waals surface area contributed by atoms with Crippen molar-refractivity contribution in [2.75, 3.05) is 26.2 Å². The number of sulfonamides is 1. The summed E-state index contributed by atoms with van der Waals surface area (Å²) >= 11 is 0. The Hall–Kier alpha value is -3.24. The van der Waals surface area contributed by atoms with Gasteiger partial charge >= 0.3 is 0 Å². The normalized spacial score (nSPS) is 14.1. The van der Waals surface area contributed by atoms with Crippen LogP contribution in [0.1, 0.15) is 41.2 Å². The predicted octanol–water partition coefficient (Wildman–Crippen LogP) is 2.45. The molecular formula is C25H34N4O5S. The Morgan fingerprint density at radius 1 is 1.03 bits per heavy atom. The number of rotatable bonds is 6. The molecule has 10 heteroatoms. The molecule has 0 atom stereocenters. The summed E-state index contributed by atoms with van der Waals surface area (Å²) in [5.74, 6) is -0.822. The Balaban J connectivity index is 0.00000100. The van der Waals surface area contributed by atoms with Gasteiger partial charge in [0, 0.05) is 45.1 Å². The van der Waals surface area contributed by atoms with Gasteiger partial charge in [0.1, 0.15) is 5.84 Å². The molecule has 1 saturated heterocycles. The molecule has 0 spiro atoms. The molecule has 3 rings (SSSR count). The maximum atomic E-state index is 13.2. The summed E-state index contributed by atoms with van der Waals surface area (Å²) in [4.78, 5) is 23.8. The molecule has 0 saturated carbocycles. The van der Waals surface area contributed by atoms with Crippen molar-refractivity contribution in [3.63, 3.8) is 0 Å². The van der Waals surface area contributed by atoms with Crippen LogP contribution in [0.15, 0.2) is 41.3 Å². The minimum absolute atomic E-state index is 0.00422. The lowest BCUT2D eigenvalue weighted by Crippen LogP contribution is -2.50. The van der Waals surface area contributed by atoms with Gasteiger partial charge < -0.3 is 15.7 Å². The number of carboxylic acid groups (broad SMARTS) is 1. The van der Waals surface area contributed by atoms with Gasteiger partial charge in [0.25, 0.3) is 5.97 Å². The first-order chi connectivity index (χ1) is 16.3.